The molecule has 86 valence electrons. The van der Waals surface area contributed by atoms with Gasteiger partial charge in [0.25, 0.3) is 0 Å². The minimum atomic E-state index is -3.21. The van der Waals surface area contributed by atoms with E-state index in [-0.39, 0.29) is 5.75 Å². The first-order valence-electron chi connectivity index (χ1n) is 4.93. The molecule has 0 amide bonds. The molecular weight excluding hydrogens is 224 g/mol. The number of nitriles is 1. The van der Waals surface area contributed by atoms with E-state index in [1.165, 1.54) is 11.4 Å². The van der Waals surface area contributed by atoms with Crippen LogP contribution in [-0.2, 0) is 16.4 Å². The van der Waals surface area contributed by atoms with E-state index in [2.05, 4.69) is 0 Å². The van der Waals surface area contributed by atoms with Crippen molar-refractivity contribution in [3.8, 4) is 6.07 Å². The molecule has 0 N–H and O–H groups in total. The van der Waals surface area contributed by atoms with E-state index in [1.54, 1.807) is 31.2 Å². The lowest BCUT2D eigenvalue weighted by Crippen LogP contribution is -2.27. The summed E-state index contributed by atoms with van der Waals surface area (Å²) in [5.41, 5.74) is 1.50. The van der Waals surface area contributed by atoms with Gasteiger partial charge in [-0.15, -0.1) is 0 Å². The fourth-order valence-corrected chi connectivity index (χ4v) is 2.10. The van der Waals surface area contributed by atoms with Crippen molar-refractivity contribution in [2.75, 3.05) is 17.1 Å². The van der Waals surface area contributed by atoms with Crippen LogP contribution in [0.2, 0.25) is 0 Å². The van der Waals surface area contributed by atoms with Gasteiger partial charge < -0.3 is 0 Å². The number of anilines is 1. The molecule has 0 spiro atoms. The lowest BCUT2D eigenvalue weighted by molar-refractivity contribution is 0.595. The fraction of sp³-hybridized carbons (Fsp3) is 0.364. The molecule has 1 aromatic rings. The first-order valence-corrected chi connectivity index (χ1v) is 6.54. The predicted octanol–water partition coefficient (Wildman–Crippen LogP) is 1.54. The third kappa shape index (κ3) is 2.74. The highest BCUT2D eigenvalue weighted by atomic mass is 32.2. The van der Waals surface area contributed by atoms with Crippen LogP contribution in [0.5, 0.6) is 0 Å². The maximum absolute atomic E-state index is 11.6. The van der Waals surface area contributed by atoms with Crippen LogP contribution < -0.4 is 4.31 Å². The molecule has 0 heterocycles. The van der Waals surface area contributed by atoms with E-state index < -0.39 is 10.0 Å². The number of benzene rings is 1. The lowest BCUT2D eigenvalue weighted by Gasteiger charge is -2.18. The van der Waals surface area contributed by atoms with Crippen LogP contribution in [0.1, 0.15) is 12.5 Å². The van der Waals surface area contributed by atoms with Gasteiger partial charge in [0, 0.05) is 7.05 Å². The highest BCUT2D eigenvalue weighted by Gasteiger charge is 2.15. The summed E-state index contributed by atoms with van der Waals surface area (Å²) in [4.78, 5) is 0. The molecule has 1 aromatic carbocycles. The smallest absolute Gasteiger partial charge is 0.234 e. The van der Waals surface area contributed by atoms with Gasteiger partial charge in [0.15, 0.2) is 0 Å². The average molecular weight is 238 g/mol. The van der Waals surface area contributed by atoms with Gasteiger partial charge in [-0.05, 0) is 24.6 Å². The standard InChI is InChI=1S/C11H14N2O2S/c1-3-16(14,15)13(2)11-6-4-10(5-7-11)8-9-12/h4-7H,3,8H2,1-2H3. The summed E-state index contributed by atoms with van der Waals surface area (Å²) in [6, 6.07) is 8.99. The second-order valence-corrected chi connectivity index (χ2v) is 5.66. The third-order valence-electron chi connectivity index (χ3n) is 2.37. The zero-order valence-electron chi connectivity index (χ0n) is 9.34. The maximum Gasteiger partial charge on any atom is 0.234 e. The highest BCUT2D eigenvalue weighted by Crippen LogP contribution is 2.17. The van der Waals surface area contributed by atoms with Crippen molar-refractivity contribution < 1.29 is 8.42 Å². The van der Waals surface area contributed by atoms with Gasteiger partial charge in [-0.1, -0.05) is 12.1 Å². The Labute approximate surface area is 96.2 Å². The maximum atomic E-state index is 11.6. The van der Waals surface area contributed by atoms with Crippen molar-refractivity contribution in [1.29, 1.82) is 5.26 Å². The monoisotopic (exact) mass is 238 g/mol. The summed E-state index contributed by atoms with van der Waals surface area (Å²) in [5.74, 6) is 0.0729. The number of sulfonamides is 1. The third-order valence-corrected chi connectivity index (χ3v) is 4.14. The Balaban J connectivity index is 2.95. The van der Waals surface area contributed by atoms with E-state index in [0.29, 0.717) is 12.1 Å². The van der Waals surface area contributed by atoms with Gasteiger partial charge >= 0.3 is 0 Å². The van der Waals surface area contributed by atoms with Crippen LogP contribution in [0.25, 0.3) is 0 Å². The zero-order chi connectivity index (χ0) is 12.2. The minimum absolute atomic E-state index is 0.0729. The Hall–Kier alpha value is -1.54. The molecular formula is C11H14N2O2S. The average Bonchev–Trinajstić information content (AvgIpc) is 2.29. The van der Waals surface area contributed by atoms with E-state index in [4.69, 9.17) is 5.26 Å². The van der Waals surface area contributed by atoms with Gasteiger partial charge in [0.2, 0.25) is 10.0 Å². The van der Waals surface area contributed by atoms with Crippen LogP contribution in [0.4, 0.5) is 5.69 Å². The van der Waals surface area contributed by atoms with Crippen molar-refractivity contribution in [3.05, 3.63) is 29.8 Å². The second kappa shape index (κ2) is 4.99. The van der Waals surface area contributed by atoms with Crippen molar-refractivity contribution in [2.45, 2.75) is 13.3 Å². The van der Waals surface area contributed by atoms with Crippen LogP contribution in [0.3, 0.4) is 0 Å². The summed E-state index contributed by atoms with van der Waals surface area (Å²) in [5, 5.41) is 8.51. The van der Waals surface area contributed by atoms with Gasteiger partial charge in [-0.2, -0.15) is 5.26 Å². The molecule has 0 atom stereocenters. The molecule has 4 nitrogen and oxygen atoms in total. The molecule has 16 heavy (non-hydrogen) atoms. The SMILES string of the molecule is CCS(=O)(=O)N(C)c1ccc(CC#N)cc1. The molecule has 0 aromatic heterocycles. The number of rotatable bonds is 4. The van der Waals surface area contributed by atoms with Gasteiger partial charge in [0.1, 0.15) is 0 Å². The van der Waals surface area contributed by atoms with Gasteiger partial charge in [-0.25, -0.2) is 8.42 Å². The Kier molecular flexibility index (Phi) is 3.91. The Bertz CT molecular complexity index is 486. The van der Waals surface area contributed by atoms with Gasteiger partial charge in [0.05, 0.1) is 23.9 Å². The minimum Gasteiger partial charge on any atom is -0.273 e. The van der Waals surface area contributed by atoms with Crippen LogP contribution in [-0.4, -0.2) is 21.2 Å². The summed E-state index contributed by atoms with van der Waals surface area (Å²) < 4.78 is 24.4. The molecule has 0 fully saturated rings. The second-order valence-electron chi connectivity index (χ2n) is 3.37. The predicted molar refractivity (Wildman–Crippen MR) is 63.6 cm³/mol. The first-order chi connectivity index (χ1) is 7.51. The molecule has 0 radical (unpaired) electrons. The first kappa shape index (κ1) is 12.5. The molecule has 0 saturated heterocycles. The van der Waals surface area contributed by atoms with E-state index in [9.17, 15) is 8.42 Å². The molecule has 0 aliphatic carbocycles. The van der Waals surface area contributed by atoms with Gasteiger partial charge in [-0.3, -0.25) is 4.31 Å². The summed E-state index contributed by atoms with van der Waals surface area (Å²) >= 11 is 0. The Morgan fingerprint density at radius 3 is 2.31 bits per heavy atom. The summed E-state index contributed by atoms with van der Waals surface area (Å²) in [6.45, 7) is 1.61. The zero-order valence-corrected chi connectivity index (χ0v) is 10.2. The summed E-state index contributed by atoms with van der Waals surface area (Å²) in [7, 11) is -1.68. The molecule has 5 heteroatoms. The molecule has 0 bridgehead atoms. The number of hydrogen-bond acceptors (Lipinski definition) is 3. The molecule has 0 aliphatic heterocycles. The van der Waals surface area contributed by atoms with E-state index in [1.807, 2.05) is 6.07 Å². The van der Waals surface area contributed by atoms with Crippen LogP contribution in [0, 0.1) is 11.3 Å². The molecule has 0 saturated carbocycles. The van der Waals surface area contributed by atoms with Crippen LogP contribution >= 0.6 is 0 Å². The molecule has 1 rings (SSSR count). The largest absolute Gasteiger partial charge is 0.273 e. The highest BCUT2D eigenvalue weighted by molar-refractivity contribution is 7.92. The van der Waals surface area contributed by atoms with Crippen LogP contribution in [0.15, 0.2) is 24.3 Å². The normalized spacial score (nSPS) is 10.8. The van der Waals surface area contributed by atoms with E-state index in [0.717, 1.165) is 5.56 Å². The molecule has 0 unspecified atom stereocenters. The summed E-state index contributed by atoms with van der Waals surface area (Å²) in [6.07, 6.45) is 0.338. The Morgan fingerprint density at radius 2 is 1.88 bits per heavy atom. The lowest BCUT2D eigenvalue weighted by atomic mass is 10.1. The van der Waals surface area contributed by atoms with Crippen molar-refractivity contribution in [2.24, 2.45) is 0 Å². The van der Waals surface area contributed by atoms with Crippen molar-refractivity contribution in [3.63, 3.8) is 0 Å². The van der Waals surface area contributed by atoms with Crippen molar-refractivity contribution >= 4 is 15.7 Å². The van der Waals surface area contributed by atoms with Crippen molar-refractivity contribution in [1.82, 2.24) is 0 Å². The Morgan fingerprint density at radius 1 is 1.31 bits per heavy atom. The molecule has 0 aliphatic rings. The number of nitrogens with zero attached hydrogens (tertiary/aromatic N) is 2. The number of hydrogen-bond donors (Lipinski definition) is 0. The van der Waals surface area contributed by atoms with E-state index >= 15 is 0 Å². The fourth-order valence-electron chi connectivity index (χ4n) is 1.27. The topological polar surface area (TPSA) is 61.2 Å². The quantitative estimate of drug-likeness (QED) is 0.799.